The molecule has 0 amide bonds. The van der Waals surface area contributed by atoms with Crippen molar-refractivity contribution in [2.24, 2.45) is 17.8 Å². The van der Waals surface area contributed by atoms with Gasteiger partial charge in [-0.1, -0.05) is 6.92 Å². The second kappa shape index (κ2) is 2.81. The first-order valence-electron chi connectivity index (χ1n) is 5.24. The molecule has 2 rings (SSSR count). The highest BCUT2D eigenvalue weighted by molar-refractivity contribution is 5.84. The Balaban J connectivity index is 2.17. The summed E-state index contributed by atoms with van der Waals surface area (Å²) in [4.78, 5) is 11.7. The average molecular weight is 182 g/mol. The Kier molecular flexibility index (Phi) is 1.99. The van der Waals surface area contributed by atoms with Crippen LogP contribution in [0.25, 0.3) is 0 Å². The second-order valence-corrected chi connectivity index (χ2v) is 5.24. The smallest absolute Gasteiger partial charge is 0.138 e. The van der Waals surface area contributed by atoms with E-state index in [1.165, 1.54) is 0 Å². The van der Waals surface area contributed by atoms with Crippen molar-refractivity contribution in [3.63, 3.8) is 0 Å². The zero-order valence-electron chi connectivity index (χ0n) is 8.42. The number of carbonyl (C=O) groups is 1. The first-order chi connectivity index (χ1) is 5.98. The van der Waals surface area contributed by atoms with Crippen molar-refractivity contribution in [2.45, 2.75) is 45.1 Å². The molecule has 2 saturated carbocycles. The van der Waals surface area contributed by atoms with E-state index in [0.29, 0.717) is 18.1 Å². The molecule has 0 radical (unpaired) electrons. The summed E-state index contributed by atoms with van der Waals surface area (Å²) in [6, 6.07) is 0. The van der Waals surface area contributed by atoms with Gasteiger partial charge in [-0.05, 0) is 38.5 Å². The zero-order valence-corrected chi connectivity index (χ0v) is 8.42. The molecular weight excluding hydrogens is 164 g/mol. The van der Waals surface area contributed by atoms with Crippen molar-refractivity contribution in [1.29, 1.82) is 0 Å². The molecular formula is C11H18O2. The monoisotopic (exact) mass is 182 g/mol. The van der Waals surface area contributed by atoms with Gasteiger partial charge in [0.15, 0.2) is 0 Å². The van der Waals surface area contributed by atoms with Gasteiger partial charge in [0, 0.05) is 11.8 Å². The highest BCUT2D eigenvalue weighted by Gasteiger charge is 2.43. The van der Waals surface area contributed by atoms with E-state index in [1.807, 2.05) is 13.8 Å². The lowest BCUT2D eigenvalue weighted by Crippen LogP contribution is -2.44. The number of aliphatic hydroxyl groups is 1. The summed E-state index contributed by atoms with van der Waals surface area (Å²) in [5.74, 6) is 1.36. The van der Waals surface area contributed by atoms with Crippen molar-refractivity contribution >= 4 is 5.78 Å². The molecule has 0 saturated heterocycles. The molecule has 0 aromatic carbocycles. The number of fused-ring (bicyclic) bond motifs is 2. The van der Waals surface area contributed by atoms with Crippen LogP contribution in [0.5, 0.6) is 0 Å². The van der Waals surface area contributed by atoms with Gasteiger partial charge < -0.3 is 5.11 Å². The minimum absolute atomic E-state index is 0.150. The van der Waals surface area contributed by atoms with Gasteiger partial charge >= 0.3 is 0 Å². The molecule has 2 aliphatic rings. The van der Waals surface area contributed by atoms with E-state index in [4.69, 9.17) is 0 Å². The lowest BCUT2D eigenvalue weighted by atomic mass is 9.63. The SMILES string of the molecule is CC1CC2CC(CC(C)(O)C2)C1=O. The van der Waals surface area contributed by atoms with Crippen molar-refractivity contribution in [1.82, 2.24) is 0 Å². The molecule has 4 unspecified atom stereocenters. The second-order valence-electron chi connectivity index (χ2n) is 5.24. The summed E-state index contributed by atoms with van der Waals surface area (Å²) in [5.41, 5.74) is -0.580. The Morgan fingerprint density at radius 3 is 2.77 bits per heavy atom. The third-order valence-corrected chi connectivity index (χ3v) is 3.61. The number of ketones is 1. The van der Waals surface area contributed by atoms with Crippen LogP contribution in [0.4, 0.5) is 0 Å². The normalized spacial score (nSPS) is 50.7. The van der Waals surface area contributed by atoms with Crippen LogP contribution < -0.4 is 0 Å². The minimum atomic E-state index is -0.580. The van der Waals surface area contributed by atoms with Crippen molar-refractivity contribution in [3.05, 3.63) is 0 Å². The Labute approximate surface area is 79.3 Å². The molecule has 2 heteroatoms. The standard InChI is InChI=1S/C11H18O2/c1-7-3-8-4-9(10(7)12)6-11(2,13)5-8/h7-9,13H,3-6H2,1-2H3. The van der Waals surface area contributed by atoms with Gasteiger partial charge in [-0.3, -0.25) is 4.79 Å². The summed E-state index contributed by atoms with van der Waals surface area (Å²) in [5, 5.41) is 9.93. The maximum absolute atomic E-state index is 11.7. The lowest BCUT2D eigenvalue weighted by molar-refractivity contribution is -0.138. The van der Waals surface area contributed by atoms with Crippen LogP contribution in [0.15, 0.2) is 0 Å². The number of carbonyl (C=O) groups excluding carboxylic acids is 1. The predicted molar refractivity (Wildman–Crippen MR) is 50.2 cm³/mol. The van der Waals surface area contributed by atoms with Gasteiger partial charge in [0.05, 0.1) is 5.60 Å². The quantitative estimate of drug-likeness (QED) is 0.620. The van der Waals surface area contributed by atoms with Gasteiger partial charge in [0.1, 0.15) is 5.78 Å². The van der Waals surface area contributed by atoms with E-state index < -0.39 is 5.60 Å². The molecule has 13 heavy (non-hydrogen) atoms. The van der Waals surface area contributed by atoms with Gasteiger partial charge in [-0.2, -0.15) is 0 Å². The highest BCUT2D eigenvalue weighted by atomic mass is 16.3. The first kappa shape index (κ1) is 9.20. The summed E-state index contributed by atoms with van der Waals surface area (Å²) < 4.78 is 0. The fourth-order valence-electron chi connectivity index (χ4n) is 3.22. The fourth-order valence-corrected chi connectivity index (χ4v) is 3.22. The number of Topliss-reactive ketones (excluding diaryl/α,β-unsaturated/α-hetero) is 1. The molecule has 0 aromatic heterocycles. The molecule has 0 heterocycles. The average Bonchev–Trinajstić information content (AvgIpc) is 1.97. The third-order valence-electron chi connectivity index (χ3n) is 3.61. The zero-order chi connectivity index (χ0) is 9.64. The van der Waals surface area contributed by atoms with Crippen molar-refractivity contribution < 1.29 is 9.90 Å². The molecule has 2 aliphatic carbocycles. The molecule has 0 aromatic rings. The van der Waals surface area contributed by atoms with E-state index in [2.05, 4.69) is 0 Å². The molecule has 2 bridgehead atoms. The molecule has 2 fully saturated rings. The summed E-state index contributed by atoms with van der Waals surface area (Å²) in [6.45, 7) is 3.90. The molecule has 1 N–H and O–H groups in total. The topological polar surface area (TPSA) is 37.3 Å². The highest BCUT2D eigenvalue weighted by Crippen LogP contribution is 2.44. The number of hydrogen-bond donors (Lipinski definition) is 1. The number of hydrogen-bond acceptors (Lipinski definition) is 2. The largest absolute Gasteiger partial charge is 0.390 e. The molecule has 74 valence electrons. The van der Waals surface area contributed by atoms with Crippen LogP contribution in [0, 0.1) is 17.8 Å². The lowest BCUT2D eigenvalue weighted by Gasteiger charge is -2.43. The van der Waals surface area contributed by atoms with E-state index in [1.54, 1.807) is 0 Å². The summed E-state index contributed by atoms with van der Waals surface area (Å²) in [6.07, 6.45) is 3.60. The first-order valence-corrected chi connectivity index (χ1v) is 5.24. The van der Waals surface area contributed by atoms with Crippen LogP contribution in [-0.2, 0) is 4.79 Å². The third kappa shape index (κ3) is 1.64. The Morgan fingerprint density at radius 1 is 1.38 bits per heavy atom. The van der Waals surface area contributed by atoms with Gasteiger partial charge in [0.25, 0.3) is 0 Å². The Bertz CT molecular complexity index is 230. The van der Waals surface area contributed by atoms with E-state index >= 15 is 0 Å². The fraction of sp³-hybridized carbons (Fsp3) is 0.909. The van der Waals surface area contributed by atoms with E-state index in [9.17, 15) is 9.90 Å². The minimum Gasteiger partial charge on any atom is -0.390 e. The summed E-state index contributed by atoms with van der Waals surface area (Å²) >= 11 is 0. The van der Waals surface area contributed by atoms with Crippen LogP contribution in [-0.4, -0.2) is 16.5 Å². The van der Waals surface area contributed by atoms with Gasteiger partial charge in [0.2, 0.25) is 0 Å². The molecule has 4 atom stereocenters. The van der Waals surface area contributed by atoms with Crippen LogP contribution >= 0.6 is 0 Å². The van der Waals surface area contributed by atoms with E-state index in [-0.39, 0.29) is 11.8 Å². The van der Waals surface area contributed by atoms with Crippen LogP contribution in [0.3, 0.4) is 0 Å². The van der Waals surface area contributed by atoms with E-state index in [0.717, 1.165) is 19.3 Å². The van der Waals surface area contributed by atoms with Crippen LogP contribution in [0.2, 0.25) is 0 Å². The van der Waals surface area contributed by atoms with Gasteiger partial charge in [-0.25, -0.2) is 0 Å². The number of rotatable bonds is 0. The molecule has 2 nitrogen and oxygen atoms in total. The molecule has 0 aliphatic heterocycles. The van der Waals surface area contributed by atoms with Gasteiger partial charge in [-0.15, -0.1) is 0 Å². The Hall–Kier alpha value is -0.370. The Morgan fingerprint density at radius 2 is 2.08 bits per heavy atom. The van der Waals surface area contributed by atoms with Crippen LogP contribution in [0.1, 0.15) is 39.5 Å². The maximum atomic E-state index is 11.7. The molecule has 0 spiro atoms. The van der Waals surface area contributed by atoms with Crippen molar-refractivity contribution in [2.75, 3.05) is 0 Å². The summed E-state index contributed by atoms with van der Waals surface area (Å²) in [7, 11) is 0. The maximum Gasteiger partial charge on any atom is 0.138 e. The predicted octanol–water partition coefficient (Wildman–Crippen LogP) is 1.76. The van der Waals surface area contributed by atoms with Crippen molar-refractivity contribution in [3.8, 4) is 0 Å².